The molecule has 0 spiro atoms. The molecule has 2 nitrogen and oxygen atoms in total. The SMILES string of the molecule is CO[CH]c1ccccn1. The zero-order chi connectivity index (χ0) is 6.53. The molecule has 0 saturated carbocycles. The first kappa shape index (κ1) is 6.23. The van der Waals surface area contributed by atoms with Gasteiger partial charge in [0, 0.05) is 13.3 Å². The van der Waals surface area contributed by atoms with Gasteiger partial charge in [-0.25, -0.2) is 0 Å². The third-order valence-corrected chi connectivity index (χ3v) is 0.926. The zero-order valence-electron chi connectivity index (χ0n) is 5.24. The first-order chi connectivity index (χ1) is 4.43. The molecule has 1 aromatic heterocycles. The first-order valence-corrected chi connectivity index (χ1v) is 2.70. The number of pyridine rings is 1. The van der Waals surface area contributed by atoms with Crippen LogP contribution in [0.3, 0.4) is 0 Å². The van der Waals surface area contributed by atoms with Crippen molar-refractivity contribution in [3.63, 3.8) is 0 Å². The lowest BCUT2D eigenvalue weighted by atomic mass is 10.4. The molecular formula is C7H8NO. The summed E-state index contributed by atoms with van der Waals surface area (Å²) in [5.74, 6) is 0. The molecule has 0 aliphatic carbocycles. The number of ether oxygens (including phenoxy) is 1. The van der Waals surface area contributed by atoms with E-state index in [1.54, 1.807) is 19.9 Å². The Morgan fingerprint density at radius 2 is 2.44 bits per heavy atom. The summed E-state index contributed by atoms with van der Waals surface area (Å²) in [6.07, 6.45) is 1.73. The maximum atomic E-state index is 4.74. The van der Waals surface area contributed by atoms with E-state index < -0.39 is 0 Å². The first-order valence-electron chi connectivity index (χ1n) is 2.70. The van der Waals surface area contributed by atoms with E-state index in [9.17, 15) is 0 Å². The highest BCUT2D eigenvalue weighted by atomic mass is 16.5. The van der Waals surface area contributed by atoms with Crippen LogP contribution in [-0.4, -0.2) is 12.1 Å². The van der Waals surface area contributed by atoms with Crippen molar-refractivity contribution >= 4 is 0 Å². The Labute approximate surface area is 54.5 Å². The molecule has 1 aromatic rings. The fourth-order valence-electron chi connectivity index (χ4n) is 0.566. The van der Waals surface area contributed by atoms with Crippen molar-refractivity contribution < 1.29 is 4.74 Å². The molecule has 1 heterocycles. The van der Waals surface area contributed by atoms with E-state index in [0.29, 0.717) is 0 Å². The van der Waals surface area contributed by atoms with Gasteiger partial charge < -0.3 is 4.74 Å². The number of hydrogen-bond acceptors (Lipinski definition) is 2. The Balaban J connectivity index is 2.61. The Bertz CT molecular complexity index is 162. The van der Waals surface area contributed by atoms with Crippen LogP contribution >= 0.6 is 0 Å². The molecule has 0 saturated heterocycles. The average molecular weight is 122 g/mol. The summed E-state index contributed by atoms with van der Waals surface area (Å²) in [6, 6.07) is 5.66. The Kier molecular flexibility index (Phi) is 2.22. The van der Waals surface area contributed by atoms with Gasteiger partial charge in [-0.1, -0.05) is 6.07 Å². The molecule has 2 heteroatoms. The van der Waals surface area contributed by atoms with Crippen LogP contribution < -0.4 is 0 Å². The zero-order valence-corrected chi connectivity index (χ0v) is 5.24. The van der Waals surface area contributed by atoms with E-state index in [1.807, 2.05) is 18.2 Å². The number of hydrogen-bond donors (Lipinski definition) is 0. The van der Waals surface area contributed by atoms with Crippen LogP contribution in [0, 0.1) is 6.61 Å². The monoisotopic (exact) mass is 122 g/mol. The van der Waals surface area contributed by atoms with Gasteiger partial charge in [0.1, 0.15) is 6.61 Å². The smallest absolute Gasteiger partial charge is 0.131 e. The molecule has 0 aliphatic rings. The highest BCUT2D eigenvalue weighted by molar-refractivity contribution is 5.08. The minimum Gasteiger partial charge on any atom is -0.372 e. The van der Waals surface area contributed by atoms with Gasteiger partial charge in [0.15, 0.2) is 0 Å². The van der Waals surface area contributed by atoms with Gasteiger partial charge in [-0.15, -0.1) is 0 Å². The standard InChI is InChI=1S/C7H8NO/c1-9-6-7-4-2-3-5-8-7/h2-6H,1H3. The second kappa shape index (κ2) is 3.20. The van der Waals surface area contributed by atoms with Crippen LogP contribution in [0.25, 0.3) is 0 Å². The normalized spacial score (nSPS) is 9.44. The van der Waals surface area contributed by atoms with Crippen molar-refractivity contribution in [1.82, 2.24) is 4.98 Å². The van der Waals surface area contributed by atoms with Gasteiger partial charge in [-0.05, 0) is 12.1 Å². The van der Waals surface area contributed by atoms with Crippen LogP contribution in [0.2, 0.25) is 0 Å². The topological polar surface area (TPSA) is 22.1 Å². The lowest BCUT2D eigenvalue weighted by molar-refractivity contribution is 0.290. The van der Waals surface area contributed by atoms with Crippen molar-refractivity contribution in [1.29, 1.82) is 0 Å². The summed E-state index contributed by atoms with van der Waals surface area (Å²) in [5, 5.41) is 0. The van der Waals surface area contributed by atoms with Gasteiger partial charge in [0.2, 0.25) is 0 Å². The lowest BCUT2D eigenvalue weighted by Crippen LogP contribution is -1.85. The number of rotatable bonds is 2. The molecule has 9 heavy (non-hydrogen) atoms. The van der Waals surface area contributed by atoms with Gasteiger partial charge in [0.05, 0.1) is 5.69 Å². The van der Waals surface area contributed by atoms with E-state index >= 15 is 0 Å². The van der Waals surface area contributed by atoms with Gasteiger partial charge >= 0.3 is 0 Å². The van der Waals surface area contributed by atoms with Crippen LogP contribution in [0.15, 0.2) is 24.4 Å². The number of methoxy groups -OCH3 is 1. The lowest BCUT2D eigenvalue weighted by Gasteiger charge is -1.93. The van der Waals surface area contributed by atoms with Crippen molar-refractivity contribution in [2.45, 2.75) is 0 Å². The largest absolute Gasteiger partial charge is 0.372 e. The third kappa shape index (κ3) is 1.82. The van der Waals surface area contributed by atoms with Gasteiger partial charge in [-0.2, -0.15) is 0 Å². The quantitative estimate of drug-likeness (QED) is 0.588. The summed E-state index contributed by atoms with van der Waals surface area (Å²) in [4.78, 5) is 3.99. The molecule has 1 radical (unpaired) electrons. The molecule has 0 aromatic carbocycles. The molecule has 0 N–H and O–H groups in total. The Morgan fingerprint density at radius 1 is 1.56 bits per heavy atom. The van der Waals surface area contributed by atoms with Crippen LogP contribution in [-0.2, 0) is 4.74 Å². The van der Waals surface area contributed by atoms with E-state index in [2.05, 4.69) is 4.98 Å². The molecule has 0 atom stereocenters. The molecule has 47 valence electrons. The molecule has 0 amide bonds. The highest BCUT2D eigenvalue weighted by Crippen LogP contribution is 1.95. The van der Waals surface area contributed by atoms with Crippen LogP contribution in [0.4, 0.5) is 0 Å². The minimum atomic E-state index is 0.847. The molecule has 0 bridgehead atoms. The van der Waals surface area contributed by atoms with Gasteiger partial charge in [0.25, 0.3) is 0 Å². The fourth-order valence-corrected chi connectivity index (χ4v) is 0.566. The van der Waals surface area contributed by atoms with Gasteiger partial charge in [-0.3, -0.25) is 4.98 Å². The summed E-state index contributed by atoms with van der Waals surface area (Å²) < 4.78 is 4.74. The summed E-state index contributed by atoms with van der Waals surface area (Å²) in [5.41, 5.74) is 0.847. The fraction of sp³-hybridized carbons (Fsp3) is 0.143. The Morgan fingerprint density at radius 3 is 3.00 bits per heavy atom. The predicted octanol–water partition coefficient (Wildman–Crippen LogP) is 1.24. The minimum absolute atomic E-state index is 0.847. The predicted molar refractivity (Wildman–Crippen MR) is 34.6 cm³/mol. The van der Waals surface area contributed by atoms with Crippen molar-refractivity contribution in [2.24, 2.45) is 0 Å². The maximum absolute atomic E-state index is 4.74. The highest BCUT2D eigenvalue weighted by Gasteiger charge is 1.87. The number of nitrogens with zero attached hydrogens (tertiary/aromatic N) is 1. The third-order valence-electron chi connectivity index (χ3n) is 0.926. The molecule has 0 unspecified atom stereocenters. The maximum Gasteiger partial charge on any atom is 0.131 e. The summed E-state index contributed by atoms with van der Waals surface area (Å²) in [7, 11) is 1.61. The summed E-state index contributed by atoms with van der Waals surface area (Å²) in [6.45, 7) is 1.60. The van der Waals surface area contributed by atoms with E-state index in [4.69, 9.17) is 4.74 Å². The van der Waals surface area contributed by atoms with Crippen molar-refractivity contribution in [3.05, 3.63) is 36.7 Å². The van der Waals surface area contributed by atoms with Crippen molar-refractivity contribution in [2.75, 3.05) is 7.11 Å². The Hall–Kier alpha value is -0.890. The molecule has 0 fully saturated rings. The van der Waals surface area contributed by atoms with E-state index in [1.165, 1.54) is 0 Å². The number of aromatic nitrogens is 1. The second-order valence-electron chi connectivity index (χ2n) is 1.61. The molecular weight excluding hydrogens is 114 g/mol. The summed E-state index contributed by atoms with van der Waals surface area (Å²) >= 11 is 0. The van der Waals surface area contributed by atoms with E-state index in [-0.39, 0.29) is 0 Å². The average Bonchev–Trinajstić information content (AvgIpc) is 1.91. The van der Waals surface area contributed by atoms with Crippen molar-refractivity contribution in [3.8, 4) is 0 Å². The second-order valence-corrected chi connectivity index (χ2v) is 1.61. The van der Waals surface area contributed by atoms with Crippen LogP contribution in [0.1, 0.15) is 5.69 Å². The van der Waals surface area contributed by atoms with E-state index in [0.717, 1.165) is 5.69 Å². The molecule has 1 rings (SSSR count). The van der Waals surface area contributed by atoms with Crippen LogP contribution in [0.5, 0.6) is 0 Å². The molecule has 0 aliphatic heterocycles.